The number of carbonyl (C=O) groups is 1. The van der Waals surface area contributed by atoms with Crippen LogP contribution in [0.2, 0.25) is 0 Å². The summed E-state index contributed by atoms with van der Waals surface area (Å²) < 4.78 is 73.9. The summed E-state index contributed by atoms with van der Waals surface area (Å²) in [6.07, 6.45) is 11.2. The molecular weight excluding hydrogens is 562 g/mol. The van der Waals surface area contributed by atoms with Crippen LogP contribution < -0.4 is 10.1 Å². The molecule has 3 aromatic rings. The summed E-state index contributed by atoms with van der Waals surface area (Å²) in [6, 6.07) is 3.55. The lowest BCUT2D eigenvalue weighted by Gasteiger charge is -2.33. The van der Waals surface area contributed by atoms with Crippen molar-refractivity contribution in [2.24, 2.45) is 5.92 Å². The molecule has 1 N–H and O–H groups in total. The monoisotopic (exact) mass is 601 g/mol. The Morgan fingerprint density at radius 1 is 0.977 bits per heavy atom. The Kier molecular flexibility index (Phi) is 10.1. The number of benzene rings is 2. The molecule has 2 aromatic carbocycles. The fourth-order valence-corrected chi connectivity index (χ4v) is 6.76. The second kappa shape index (κ2) is 13.9. The van der Waals surface area contributed by atoms with Gasteiger partial charge in [0.15, 0.2) is 11.6 Å². The molecule has 2 atom stereocenters. The third kappa shape index (κ3) is 6.59. The Labute approximate surface area is 249 Å². The lowest BCUT2D eigenvalue weighted by atomic mass is 9.82. The van der Waals surface area contributed by atoms with Crippen molar-refractivity contribution in [3.05, 3.63) is 71.1 Å². The van der Waals surface area contributed by atoms with Crippen LogP contribution in [0, 0.1) is 29.2 Å². The van der Waals surface area contributed by atoms with Gasteiger partial charge in [0.2, 0.25) is 5.91 Å². The van der Waals surface area contributed by atoms with E-state index in [0.29, 0.717) is 0 Å². The van der Waals surface area contributed by atoms with Crippen LogP contribution >= 0.6 is 0 Å². The fraction of sp³-hybridized carbons (Fsp3) is 0.515. The first-order valence-electron chi connectivity index (χ1n) is 15.3. The van der Waals surface area contributed by atoms with E-state index < -0.39 is 41.0 Å². The summed E-state index contributed by atoms with van der Waals surface area (Å²) in [5.41, 5.74) is -0.808. The molecule has 2 saturated carbocycles. The van der Waals surface area contributed by atoms with Gasteiger partial charge in [-0.15, -0.1) is 0 Å². The van der Waals surface area contributed by atoms with Gasteiger partial charge in [0.1, 0.15) is 35.4 Å². The van der Waals surface area contributed by atoms with Crippen molar-refractivity contribution in [1.29, 1.82) is 0 Å². The first-order valence-corrected chi connectivity index (χ1v) is 15.3. The second-order valence-electron chi connectivity index (χ2n) is 11.5. The number of halogens is 4. The number of ether oxygens (including phenoxy) is 2. The van der Waals surface area contributed by atoms with Crippen molar-refractivity contribution in [2.45, 2.75) is 89.3 Å². The Morgan fingerprint density at radius 2 is 1.63 bits per heavy atom. The average Bonchev–Trinajstić information content (AvgIpc) is 3.46. The highest BCUT2D eigenvalue weighted by Gasteiger charge is 2.36. The number of rotatable bonds is 10. The molecule has 2 aliphatic rings. The van der Waals surface area contributed by atoms with Crippen LogP contribution in [0.15, 0.2) is 36.7 Å². The largest absolute Gasteiger partial charge is 0.494 e. The van der Waals surface area contributed by atoms with Gasteiger partial charge in [-0.05, 0) is 50.2 Å². The van der Waals surface area contributed by atoms with Gasteiger partial charge in [-0.25, -0.2) is 22.5 Å². The molecule has 0 saturated heterocycles. The first-order chi connectivity index (χ1) is 20.8. The van der Waals surface area contributed by atoms with Crippen molar-refractivity contribution < 1.29 is 31.8 Å². The number of hydrogen-bond acceptors (Lipinski definition) is 4. The van der Waals surface area contributed by atoms with Crippen LogP contribution in [0.25, 0.3) is 11.4 Å². The molecule has 1 amide bonds. The zero-order valence-corrected chi connectivity index (χ0v) is 24.7. The summed E-state index contributed by atoms with van der Waals surface area (Å²) in [5.74, 6) is -4.53. The van der Waals surface area contributed by atoms with E-state index in [9.17, 15) is 9.18 Å². The zero-order chi connectivity index (χ0) is 30.5. The van der Waals surface area contributed by atoms with E-state index in [4.69, 9.17) is 9.47 Å². The van der Waals surface area contributed by atoms with Crippen LogP contribution in [0.3, 0.4) is 0 Å². The zero-order valence-electron chi connectivity index (χ0n) is 24.7. The maximum atomic E-state index is 15.9. The number of nitrogens with one attached hydrogen (secondary N) is 1. The molecule has 232 valence electrons. The van der Waals surface area contributed by atoms with E-state index in [1.807, 2.05) is 0 Å². The molecule has 5 rings (SSSR count). The molecule has 0 bridgehead atoms. The van der Waals surface area contributed by atoms with Crippen molar-refractivity contribution in [3.8, 4) is 17.1 Å². The molecule has 0 aliphatic heterocycles. The molecule has 6 nitrogen and oxygen atoms in total. The van der Waals surface area contributed by atoms with Gasteiger partial charge in [-0.2, -0.15) is 0 Å². The van der Waals surface area contributed by atoms with Crippen molar-refractivity contribution >= 4 is 5.91 Å². The number of nitrogens with zero attached hydrogens (tertiary/aromatic N) is 2. The number of imidazole rings is 1. The Morgan fingerprint density at radius 3 is 2.26 bits per heavy atom. The van der Waals surface area contributed by atoms with Gasteiger partial charge >= 0.3 is 0 Å². The molecule has 2 unspecified atom stereocenters. The quantitative estimate of drug-likeness (QED) is 0.241. The normalized spacial score (nSPS) is 17.9. The summed E-state index contributed by atoms with van der Waals surface area (Å²) >= 11 is 0. The summed E-state index contributed by atoms with van der Waals surface area (Å²) in [4.78, 5) is 18.4. The molecule has 2 fully saturated rings. The summed E-state index contributed by atoms with van der Waals surface area (Å²) in [7, 11) is 1.24. The maximum absolute atomic E-state index is 15.9. The molecular formula is C33H39F4N3O3. The molecule has 0 spiro atoms. The summed E-state index contributed by atoms with van der Waals surface area (Å²) in [5, 5.41) is 3.22. The molecule has 1 aromatic heterocycles. The smallest absolute Gasteiger partial charge is 0.243 e. The number of hydrogen-bond donors (Lipinski definition) is 1. The van der Waals surface area contributed by atoms with Gasteiger partial charge in [0.25, 0.3) is 0 Å². The predicted octanol–water partition coefficient (Wildman–Crippen LogP) is 7.81. The molecule has 10 heteroatoms. The number of amides is 1. The van der Waals surface area contributed by atoms with E-state index >= 15 is 13.2 Å². The molecule has 0 radical (unpaired) electrons. The van der Waals surface area contributed by atoms with Crippen LogP contribution in [0.4, 0.5) is 17.6 Å². The Balaban J connectivity index is 1.61. The second-order valence-corrected chi connectivity index (χ2v) is 11.5. The molecule has 1 heterocycles. The lowest BCUT2D eigenvalue weighted by Crippen LogP contribution is -2.43. The van der Waals surface area contributed by atoms with Crippen LogP contribution in [0.5, 0.6) is 5.75 Å². The van der Waals surface area contributed by atoms with Gasteiger partial charge in [0.05, 0.1) is 17.7 Å². The number of methoxy groups -OCH3 is 1. The van der Waals surface area contributed by atoms with E-state index in [1.54, 1.807) is 17.7 Å². The van der Waals surface area contributed by atoms with Crippen LogP contribution in [0.1, 0.15) is 94.4 Å². The SMILES string of the molecule is CCOc1cc(F)c(C(OC)c2ccc(F)c(F)c2-c2nccn2C(C(=O)NC2CCCCC2)C2CCCCC2)c(F)c1. The fourth-order valence-electron chi connectivity index (χ4n) is 6.76. The maximum Gasteiger partial charge on any atom is 0.243 e. The standard InChI is InChI=1S/C33H39F4N3O3/c1-3-43-22-18-25(35)28(26(36)19-22)31(42-2)23-14-15-24(34)29(37)27(23)32-38-16-17-40(32)30(20-10-6-4-7-11-20)33(41)39-21-12-8-5-9-13-21/h14-21,30-31H,3-13H2,1-2H3,(H,39,41). The van der Waals surface area contributed by atoms with Crippen molar-refractivity contribution in [1.82, 2.24) is 14.9 Å². The highest BCUT2D eigenvalue weighted by molar-refractivity contribution is 5.82. The van der Waals surface area contributed by atoms with Crippen molar-refractivity contribution in [3.63, 3.8) is 0 Å². The Hall–Kier alpha value is -3.40. The van der Waals surface area contributed by atoms with E-state index in [1.165, 1.54) is 19.4 Å². The van der Waals surface area contributed by atoms with Gasteiger partial charge in [0, 0.05) is 37.7 Å². The number of carbonyl (C=O) groups excluding carboxylic acids is 1. The topological polar surface area (TPSA) is 65.4 Å². The highest BCUT2D eigenvalue weighted by atomic mass is 19.2. The van der Waals surface area contributed by atoms with E-state index in [2.05, 4.69) is 10.3 Å². The highest BCUT2D eigenvalue weighted by Crippen LogP contribution is 2.41. The third-order valence-electron chi connectivity index (χ3n) is 8.78. The van der Waals surface area contributed by atoms with Gasteiger partial charge in [-0.1, -0.05) is 44.6 Å². The predicted molar refractivity (Wildman–Crippen MR) is 155 cm³/mol. The minimum atomic E-state index is -1.45. The van der Waals surface area contributed by atoms with E-state index in [-0.39, 0.29) is 47.2 Å². The van der Waals surface area contributed by atoms with Gasteiger partial charge in [-0.3, -0.25) is 4.79 Å². The minimum absolute atomic E-state index is 0.00328. The average molecular weight is 602 g/mol. The third-order valence-corrected chi connectivity index (χ3v) is 8.78. The summed E-state index contributed by atoms with van der Waals surface area (Å²) in [6.45, 7) is 1.89. The molecule has 2 aliphatic carbocycles. The van der Waals surface area contributed by atoms with Crippen LogP contribution in [-0.2, 0) is 9.53 Å². The lowest BCUT2D eigenvalue weighted by molar-refractivity contribution is -0.127. The first kappa shape index (κ1) is 31.0. The van der Waals surface area contributed by atoms with E-state index in [0.717, 1.165) is 82.4 Å². The molecule has 43 heavy (non-hydrogen) atoms. The Bertz CT molecular complexity index is 1390. The van der Waals surface area contributed by atoms with Crippen molar-refractivity contribution in [2.75, 3.05) is 13.7 Å². The minimum Gasteiger partial charge on any atom is -0.494 e. The number of aromatic nitrogens is 2. The van der Waals surface area contributed by atoms with Crippen LogP contribution in [-0.4, -0.2) is 35.2 Å². The van der Waals surface area contributed by atoms with Gasteiger partial charge < -0.3 is 19.4 Å².